The Morgan fingerprint density at radius 2 is 1.94 bits per heavy atom. The van der Waals surface area contributed by atoms with Gasteiger partial charge in [0.25, 0.3) is 15.9 Å². The minimum absolute atomic E-state index is 0.129. The van der Waals surface area contributed by atoms with Gasteiger partial charge in [-0.25, -0.2) is 8.42 Å². The van der Waals surface area contributed by atoms with Gasteiger partial charge in [-0.05, 0) is 81.1 Å². The van der Waals surface area contributed by atoms with Gasteiger partial charge in [-0.15, -0.1) is 0 Å². The van der Waals surface area contributed by atoms with Crippen molar-refractivity contribution in [3.63, 3.8) is 0 Å². The monoisotopic (exact) mass is 443 g/mol. The SMILES string of the molecule is Cc1cc(C(=O)NCCCN2CCC[C@H](C)C2)ccc1N(C)S(=O)(=O)c1ccccc1. The third-order valence-electron chi connectivity index (χ3n) is 5.88. The molecular formula is C24H33N3O3S. The first kappa shape index (κ1) is 23.3. The van der Waals surface area contributed by atoms with Crippen molar-refractivity contribution in [2.45, 2.75) is 38.0 Å². The van der Waals surface area contributed by atoms with E-state index in [0.29, 0.717) is 17.8 Å². The van der Waals surface area contributed by atoms with Gasteiger partial charge in [-0.1, -0.05) is 25.1 Å². The fourth-order valence-electron chi connectivity index (χ4n) is 4.13. The van der Waals surface area contributed by atoms with E-state index in [1.807, 2.05) is 6.92 Å². The summed E-state index contributed by atoms with van der Waals surface area (Å²) in [5.41, 5.74) is 1.83. The topological polar surface area (TPSA) is 69.7 Å². The van der Waals surface area contributed by atoms with Gasteiger partial charge >= 0.3 is 0 Å². The number of carbonyl (C=O) groups excluding carboxylic acids is 1. The van der Waals surface area contributed by atoms with Crippen LogP contribution in [0.25, 0.3) is 0 Å². The molecule has 1 aliphatic rings. The van der Waals surface area contributed by atoms with Crippen molar-refractivity contribution in [1.82, 2.24) is 10.2 Å². The minimum atomic E-state index is -3.65. The first-order valence-electron chi connectivity index (χ1n) is 10.9. The number of nitrogens with zero attached hydrogens (tertiary/aromatic N) is 2. The fraction of sp³-hybridized carbons (Fsp3) is 0.458. The second kappa shape index (κ2) is 10.3. The molecule has 31 heavy (non-hydrogen) atoms. The molecule has 0 unspecified atom stereocenters. The summed E-state index contributed by atoms with van der Waals surface area (Å²) >= 11 is 0. The zero-order chi connectivity index (χ0) is 22.4. The second-order valence-corrected chi connectivity index (χ2v) is 10.4. The molecule has 3 rings (SSSR count). The van der Waals surface area contributed by atoms with E-state index in [2.05, 4.69) is 17.1 Å². The Morgan fingerprint density at radius 1 is 1.19 bits per heavy atom. The Labute approximate surface area is 186 Å². The normalized spacial score (nSPS) is 17.3. The van der Waals surface area contributed by atoms with Gasteiger partial charge in [0, 0.05) is 25.7 Å². The highest BCUT2D eigenvalue weighted by molar-refractivity contribution is 7.92. The third-order valence-corrected chi connectivity index (χ3v) is 7.66. The summed E-state index contributed by atoms with van der Waals surface area (Å²) < 4.78 is 27.0. The number of likely N-dealkylation sites (tertiary alicyclic amines) is 1. The lowest BCUT2D eigenvalue weighted by Crippen LogP contribution is -2.36. The first-order chi connectivity index (χ1) is 14.8. The lowest BCUT2D eigenvalue weighted by molar-refractivity contribution is 0.0950. The lowest BCUT2D eigenvalue weighted by Gasteiger charge is -2.30. The molecule has 0 bridgehead atoms. The van der Waals surface area contributed by atoms with Gasteiger partial charge in [0.2, 0.25) is 0 Å². The predicted octanol–water partition coefficient (Wildman–Crippen LogP) is 3.67. The summed E-state index contributed by atoms with van der Waals surface area (Å²) in [7, 11) is -2.12. The van der Waals surface area contributed by atoms with Crippen LogP contribution in [0.1, 0.15) is 42.1 Å². The van der Waals surface area contributed by atoms with Crippen LogP contribution in [0.5, 0.6) is 0 Å². The predicted molar refractivity (Wildman–Crippen MR) is 125 cm³/mol. The number of anilines is 1. The maximum absolute atomic E-state index is 12.9. The van der Waals surface area contributed by atoms with E-state index in [4.69, 9.17) is 0 Å². The molecule has 168 valence electrons. The summed E-state index contributed by atoms with van der Waals surface area (Å²) in [6, 6.07) is 13.5. The lowest BCUT2D eigenvalue weighted by atomic mass is 10.0. The maximum Gasteiger partial charge on any atom is 0.264 e. The molecule has 1 amide bonds. The van der Waals surface area contributed by atoms with Crippen molar-refractivity contribution in [3.8, 4) is 0 Å². The Bertz CT molecular complexity index is 992. The highest BCUT2D eigenvalue weighted by atomic mass is 32.2. The Morgan fingerprint density at radius 3 is 2.61 bits per heavy atom. The number of piperidine rings is 1. The van der Waals surface area contributed by atoms with E-state index in [-0.39, 0.29) is 10.8 Å². The third kappa shape index (κ3) is 5.86. The molecule has 6 nitrogen and oxygen atoms in total. The summed E-state index contributed by atoms with van der Waals surface area (Å²) in [5.74, 6) is 0.629. The largest absolute Gasteiger partial charge is 0.352 e. The number of aryl methyl sites for hydroxylation is 1. The van der Waals surface area contributed by atoms with E-state index < -0.39 is 10.0 Å². The van der Waals surface area contributed by atoms with Crippen LogP contribution in [0.4, 0.5) is 5.69 Å². The maximum atomic E-state index is 12.9. The van der Waals surface area contributed by atoms with Gasteiger partial charge in [0.05, 0.1) is 10.6 Å². The molecule has 0 spiro atoms. The summed E-state index contributed by atoms with van der Waals surface area (Å²) in [5, 5.41) is 2.98. The number of carbonyl (C=O) groups is 1. The molecule has 2 aromatic rings. The van der Waals surface area contributed by atoms with E-state index in [0.717, 1.165) is 37.5 Å². The van der Waals surface area contributed by atoms with Crippen molar-refractivity contribution < 1.29 is 13.2 Å². The molecule has 1 heterocycles. The van der Waals surface area contributed by atoms with Crippen LogP contribution in [0.2, 0.25) is 0 Å². The van der Waals surface area contributed by atoms with Gasteiger partial charge in [-0.3, -0.25) is 9.10 Å². The molecule has 1 atom stereocenters. The molecule has 2 aromatic carbocycles. The molecule has 0 radical (unpaired) electrons. The Hall–Kier alpha value is -2.38. The van der Waals surface area contributed by atoms with Crippen LogP contribution in [0, 0.1) is 12.8 Å². The Kier molecular flexibility index (Phi) is 7.73. The molecule has 1 aliphatic heterocycles. The molecule has 7 heteroatoms. The van der Waals surface area contributed by atoms with Crippen molar-refractivity contribution >= 4 is 21.6 Å². The van der Waals surface area contributed by atoms with Crippen LogP contribution >= 0.6 is 0 Å². The summed E-state index contributed by atoms with van der Waals surface area (Å²) in [4.78, 5) is 15.3. The number of nitrogens with one attached hydrogen (secondary N) is 1. The molecule has 0 aliphatic carbocycles. The average molecular weight is 444 g/mol. The molecular weight excluding hydrogens is 410 g/mol. The smallest absolute Gasteiger partial charge is 0.264 e. The highest BCUT2D eigenvalue weighted by Crippen LogP contribution is 2.26. The van der Waals surface area contributed by atoms with Crippen molar-refractivity contribution in [1.29, 1.82) is 0 Å². The Balaban J connectivity index is 1.57. The molecule has 0 aromatic heterocycles. The van der Waals surface area contributed by atoms with Gasteiger partial charge in [0.1, 0.15) is 0 Å². The van der Waals surface area contributed by atoms with Crippen LogP contribution in [-0.4, -0.2) is 52.5 Å². The number of benzene rings is 2. The number of hydrogen-bond donors (Lipinski definition) is 1. The number of rotatable bonds is 8. The van der Waals surface area contributed by atoms with Crippen LogP contribution < -0.4 is 9.62 Å². The average Bonchev–Trinajstić information content (AvgIpc) is 2.76. The zero-order valence-electron chi connectivity index (χ0n) is 18.7. The summed E-state index contributed by atoms with van der Waals surface area (Å²) in [6.45, 7) is 8.05. The first-order valence-corrected chi connectivity index (χ1v) is 12.4. The summed E-state index contributed by atoms with van der Waals surface area (Å²) in [6.07, 6.45) is 3.49. The standard InChI is InChI=1S/C24H33N3O3S/c1-19-9-7-15-27(18-19)16-8-14-25-24(28)21-12-13-23(20(2)17-21)26(3)31(29,30)22-10-5-4-6-11-22/h4-6,10-13,17,19H,7-9,14-16,18H2,1-3H3,(H,25,28)/t19-/m0/s1. The van der Waals surface area contributed by atoms with Crippen molar-refractivity contribution in [2.75, 3.05) is 37.5 Å². The fourth-order valence-corrected chi connectivity index (χ4v) is 5.41. The van der Waals surface area contributed by atoms with E-state index in [1.165, 1.54) is 24.2 Å². The van der Waals surface area contributed by atoms with Gasteiger partial charge < -0.3 is 10.2 Å². The second-order valence-electron chi connectivity index (χ2n) is 8.44. The number of amides is 1. The van der Waals surface area contributed by atoms with Crippen LogP contribution in [0.15, 0.2) is 53.4 Å². The molecule has 1 fully saturated rings. The highest BCUT2D eigenvalue weighted by Gasteiger charge is 2.22. The van der Waals surface area contributed by atoms with Crippen molar-refractivity contribution in [3.05, 3.63) is 59.7 Å². The van der Waals surface area contributed by atoms with Gasteiger partial charge in [0.15, 0.2) is 0 Å². The molecule has 0 saturated carbocycles. The van der Waals surface area contributed by atoms with E-state index >= 15 is 0 Å². The quantitative estimate of drug-likeness (QED) is 0.632. The molecule has 1 N–H and O–H groups in total. The molecule has 1 saturated heterocycles. The minimum Gasteiger partial charge on any atom is -0.352 e. The van der Waals surface area contributed by atoms with Gasteiger partial charge in [-0.2, -0.15) is 0 Å². The van der Waals surface area contributed by atoms with E-state index in [9.17, 15) is 13.2 Å². The van der Waals surface area contributed by atoms with Crippen molar-refractivity contribution in [2.24, 2.45) is 5.92 Å². The van der Waals surface area contributed by atoms with Crippen LogP contribution in [0.3, 0.4) is 0 Å². The zero-order valence-corrected chi connectivity index (χ0v) is 19.5. The number of hydrogen-bond acceptors (Lipinski definition) is 4. The van der Waals surface area contributed by atoms with E-state index in [1.54, 1.807) is 48.5 Å². The number of sulfonamides is 1. The van der Waals surface area contributed by atoms with Crippen LogP contribution in [-0.2, 0) is 10.0 Å².